The van der Waals surface area contributed by atoms with Crippen LogP contribution in [0.5, 0.6) is 0 Å². The predicted octanol–water partition coefficient (Wildman–Crippen LogP) is 11.9. The second kappa shape index (κ2) is 18.3. The van der Waals surface area contributed by atoms with Gasteiger partial charge in [-0.1, -0.05) is 63.8 Å². The summed E-state index contributed by atoms with van der Waals surface area (Å²) in [5.74, 6) is -0.694. The number of rotatable bonds is 14. The molecule has 288 valence electrons. The van der Waals surface area contributed by atoms with E-state index in [9.17, 15) is 19.2 Å². The fourth-order valence-electron chi connectivity index (χ4n) is 7.15. The largest absolute Gasteiger partial charge is 0.508 e. The average Bonchev–Trinajstić information content (AvgIpc) is 3.74. The third kappa shape index (κ3) is 9.62. The Morgan fingerprint density at radius 2 is 0.926 bits per heavy atom. The molecule has 0 radical (unpaired) electrons. The Morgan fingerprint density at radius 3 is 1.33 bits per heavy atom. The lowest BCUT2D eigenvalue weighted by Gasteiger charge is -2.31. The van der Waals surface area contributed by atoms with E-state index in [-0.39, 0.29) is 18.0 Å². The van der Waals surface area contributed by atoms with Gasteiger partial charge in [0.25, 0.3) is 0 Å². The van der Waals surface area contributed by atoms with Gasteiger partial charge >= 0.3 is 24.2 Å². The van der Waals surface area contributed by atoms with Crippen molar-refractivity contribution < 1.29 is 47.6 Å². The molecule has 2 aliphatic rings. The highest BCUT2D eigenvalue weighted by Crippen LogP contribution is 2.47. The number of hydrogen-bond acceptors (Lipinski definition) is 12. The van der Waals surface area contributed by atoms with E-state index in [1.165, 1.54) is 13.8 Å². The van der Waals surface area contributed by atoms with E-state index < -0.39 is 30.6 Å². The van der Waals surface area contributed by atoms with Crippen LogP contribution in [0.4, 0.5) is 9.59 Å². The number of benzene rings is 2. The molecule has 2 aliphatic carbocycles. The number of fused-ring (bicyclic) bond motifs is 3. The molecular formula is C42H48O10S2. The molecule has 0 N–H and O–H groups in total. The summed E-state index contributed by atoms with van der Waals surface area (Å²) in [4.78, 5) is 51.2. The topological polar surface area (TPSA) is 124 Å². The van der Waals surface area contributed by atoms with Crippen LogP contribution >= 0.6 is 22.7 Å². The van der Waals surface area contributed by atoms with Crippen LogP contribution in [0.2, 0.25) is 0 Å². The van der Waals surface area contributed by atoms with Crippen LogP contribution in [0.15, 0.2) is 48.5 Å². The highest BCUT2D eigenvalue weighted by atomic mass is 32.1. The first-order chi connectivity index (χ1) is 26.1. The molecule has 54 heavy (non-hydrogen) atoms. The fourth-order valence-corrected chi connectivity index (χ4v) is 9.54. The van der Waals surface area contributed by atoms with Gasteiger partial charge in [-0.15, -0.1) is 22.7 Å². The van der Waals surface area contributed by atoms with Gasteiger partial charge < -0.3 is 28.4 Å². The fraction of sp³-hybridized carbons (Fsp3) is 0.476. The highest BCUT2D eigenvalue weighted by molar-refractivity contribution is 7.31. The molecule has 0 aliphatic heterocycles. The molecule has 2 aromatic carbocycles. The average molecular weight is 777 g/mol. The number of carbonyl (C=O) groups is 4. The summed E-state index contributed by atoms with van der Waals surface area (Å²) in [5, 5.41) is 0. The van der Waals surface area contributed by atoms with Gasteiger partial charge in [-0.3, -0.25) is 9.59 Å². The lowest BCUT2D eigenvalue weighted by molar-refractivity contribution is -0.153. The zero-order chi connectivity index (χ0) is 38.2. The Bertz CT molecular complexity index is 1930. The Labute approximate surface area is 324 Å². The lowest BCUT2D eigenvalue weighted by atomic mass is 9.85. The van der Waals surface area contributed by atoms with Crippen LogP contribution in [0, 0.1) is 0 Å². The lowest BCUT2D eigenvalue weighted by Crippen LogP contribution is -2.23. The molecule has 0 bridgehead atoms. The van der Waals surface area contributed by atoms with Crippen LogP contribution in [-0.2, 0) is 38.0 Å². The van der Waals surface area contributed by atoms with Crippen molar-refractivity contribution in [1.82, 2.24) is 0 Å². The van der Waals surface area contributed by atoms with Crippen molar-refractivity contribution in [2.45, 2.75) is 116 Å². The van der Waals surface area contributed by atoms with Gasteiger partial charge in [-0.05, 0) is 90.6 Å². The first kappa shape index (κ1) is 39.3. The molecule has 4 unspecified atom stereocenters. The standard InChI is InChI=1S/C42H48O10S2/c1-5-7-9-19-47-41(45)51-34-16-18-36(52-42(46)48-20-10-8-6-2)32-22-28(12-14-30(32)34)38-24-40-39(54-38)23-37(53-40)27-11-13-29-31(21-27)35(50-26(4)44)17-15-33(29)49-25(3)43/h11-14,21-24,33-36H,5-10,15-20H2,1-4H3. The summed E-state index contributed by atoms with van der Waals surface area (Å²) < 4.78 is 35.9. The predicted molar refractivity (Wildman–Crippen MR) is 207 cm³/mol. The quantitative estimate of drug-likeness (QED) is 0.0694. The van der Waals surface area contributed by atoms with E-state index >= 15 is 0 Å². The van der Waals surface area contributed by atoms with Gasteiger partial charge in [0.1, 0.15) is 24.4 Å². The molecule has 4 aromatic rings. The minimum Gasteiger partial charge on any atom is -0.458 e. The van der Waals surface area contributed by atoms with Crippen LogP contribution in [-0.4, -0.2) is 37.5 Å². The van der Waals surface area contributed by atoms with Crippen molar-refractivity contribution in [3.8, 4) is 20.9 Å². The first-order valence-corrected chi connectivity index (χ1v) is 20.6. The van der Waals surface area contributed by atoms with Crippen LogP contribution < -0.4 is 0 Å². The summed E-state index contributed by atoms with van der Waals surface area (Å²) in [6, 6.07) is 16.4. The molecule has 0 saturated carbocycles. The van der Waals surface area contributed by atoms with Gasteiger partial charge in [0, 0.05) is 38.6 Å². The van der Waals surface area contributed by atoms with Crippen LogP contribution in [0.1, 0.15) is 139 Å². The molecule has 12 heteroatoms. The maximum absolute atomic E-state index is 12.7. The molecule has 0 fully saturated rings. The Morgan fingerprint density at radius 1 is 0.537 bits per heavy atom. The van der Waals surface area contributed by atoms with Gasteiger partial charge in [0.05, 0.1) is 13.2 Å². The zero-order valence-electron chi connectivity index (χ0n) is 31.3. The second-order valence-corrected chi connectivity index (χ2v) is 16.0. The van der Waals surface area contributed by atoms with E-state index in [0.29, 0.717) is 38.9 Å². The highest BCUT2D eigenvalue weighted by Gasteiger charge is 2.34. The van der Waals surface area contributed by atoms with Gasteiger partial charge in [0.15, 0.2) is 0 Å². The number of hydrogen-bond donors (Lipinski definition) is 0. The van der Waals surface area contributed by atoms with E-state index in [0.717, 1.165) is 91.1 Å². The van der Waals surface area contributed by atoms with Crippen molar-refractivity contribution in [3.63, 3.8) is 0 Å². The van der Waals surface area contributed by atoms with Gasteiger partial charge in [-0.25, -0.2) is 9.59 Å². The van der Waals surface area contributed by atoms with Gasteiger partial charge in [0.2, 0.25) is 0 Å². The van der Waals surface area contributed by atoms with Crippen molar-refractivity contribution in [2.75, 3.05) is 13.2 Å². The number of esters is 2. The molecule has 0 amide bonds. The van der Waals surface area contributed by atoms with Crippen molar-refractivity contribution in [2.24, 2.45) is 0 Å². The maximum atomic E-state index is 12.7. The molecule has 2 aromatic heterocycles. The molecular weight excluding hydrogens is 729 g/mol. The normalized spacial score (nSPS) is 19.0. The molecule has 6 rings (SSSR count). The van der Waals surface area contributed by atoms with E-state index in [2.05, 4.69) is 26.0 Å². The number of unbranched alkanes of at least 4 members (excludes halogenated alkanes) is 4. The summed E-state index contributed by atoms with van der Waals surface area (Å²) in [5.41, 5.74) is 5.26. The minimum absolute atomic E-state index is 0.308. The van der Waals surface area contributed by atoms with E-state index in [1.807, 2.05) is 36.4 Å². The summed E-state index contributed by atoms with van der Waals surface area (Å²) in [7, 11) is 0. The second-order valence-electron chi connectivity index (χ2n) is 13.8. The monoisotopic (exact) mass is 776 g/mol. The van der Waals surface area contributed by atoms with Gasteiger partial charge in [-0.2, -0.15) is 0 Å². The Kier molecular flexibility index (Phi) is 13.3. The van der Waals surface area contributed by atoms with Crippen molar-refractivity contribution in [3.05, 3.63) is 70.8 Å². The number of thiophene rings is 2. The van der Waals surface area contributed by atoms with Crippen LogP contribution in [0.3, 0.4) is 0 Å². The third-order valence-electron chi connectivity index (χ3n) is 9.75. The zero-order valence-corrected chi connectivity index (χ0v) is 32.9. The molecule has 4 atom stereocenters. The maximum Gasteiger partial charge on any atom is 0.508 e. The molecule has 0 spiro atoms. The number of carbonyl (C=O) groups excluding carboxylic acids is 4. The van der Waals surface area contributed by atoms with Crippen molar-refractivity contribution in [1.29, 1.82) is 0 Å². The van der Waals surface area contributed by atoms with E-state index in [4.69, 9.17) is 28.4 Å². The molecule has 10 nitrogen and oxygen atoms in total. The Hall–Kier alpha value is -4.42. The minimum atomic E-state index is -0.699. The summed E-state index contributed by atoms with van der Waals surface area (Å²) in [6.07, 6.45) is 4.41. The first-order valence-electron chi connectivity index (χ1n) is 19.0. The number of ether oxygens (including phenoxy) is 6. The summed E-state index contributed by atoms with van der Waals surface area (Å²) >= 11 is 3.33. The van der Waals surface area contributed by atoms with Crippen LogP contribution in [0.25, 0.3) is 30.3 Å². The van der Waals surface area contributed by atoms with E-state index in [1.54, 1.807) is 22.7 Å². The smallest absolute Gasteiger partial charge is 0.458 e. The molecule has 0 saturated heterocycles. The summed E-state index contributed by atoms with van der Waals surface area (Å²) in [6.45, 7) is 7.61. The third-order valence-corrected chi connectivity index (χ3v) is 12.1. The SMILES string of the molecule is CCCCCOC(=O)OC1CCC(OC(=O)OCCCCC)c2cc(-c3cc4sc(-c5ccc6c(c5)C(OC(C)=O)CCC6OC(C)=O)cc4s3)ccc21. The van der Waals surface area contributed by atoms with Crippen molar-refractivity contribution >= 4 is 56.3 Å². The Balaban J connectivity index is 1.25. The molecule has 2 heterocycles.